The third-order valence-corrected chi connectivity index (χ3v) is 3.95. The molecule has 0 saturated carbocycles. The van der Waals surface area contributed by atoms with E-state index in [1.165, 1.54) is 5.56 Å². The van der Waals surface area contributed by atoms with Gasteiger partial charge in [0.15, 0.2) is 17.0 Å². The van der Waals surface area contributed by atoms with Crippen molar-refractivity contribution in [2.24, 2.45) is 0 Å². The Morgan fingerprint density at radius 1 is 0.960 bits per heavy atom. The smallest absolute Gasteiger partial charge is 0.165 e. The predicted molar refractivity (Wildman–Crippen MR) is 97.1 cm³/mol. The average molecular weight is 331 g/mol. The highest BCUT2D eigenvalue weighted by Gasteiger charge is 2.10. The molecule has 0 aliphatic carbocycles. The Kier molecular flexibility index (Phi) is 4.00. The van der Waals surface area contributed by atoms with E-state index in [0.717, 1.165) is 29.1 Å². The Balaban J connectivity index is 1.64. The van der Waals surface area contributed by atoms with Crippen LogP contribution in [-0.2, 0) is 6.54 Å². The van der Waals surface area contributed by atoms with Crippen LogP contribution in [0.2, 0.25) is 0 Å². The zero-order valence-electron chi connectivity index (χ0n) is 13.8. The molecule has 0 aliphatic heterocycles. The minimum Gasteiger partial charge on any atom is -0.497 e. The molecule has 0 spiro atoms. The number of rotatable bonds is 5. The Bertz CT molecular complexity index is 980. The van der Waals surface area contributed by atoms with Crippen molar-refractivity contribution in [2.45, 2.75) is 6.54 Å². The van der Waals surface area contributed by atoms with Crippen LogP contribution >= 0.6 is 0 Å². The van der Waals surface area contributed by atoms with Crippen molar-refractivity contribution in [3.8, 4) is 5.75 Å². The zero-order chi connectivity index (χ0) is 17.1. The fraction of sp³-hybridized carbons (Fsp3) is 0.105. The number of ether oxygens (including phenoxy) is 1. The second kappa shape index (κ2) is 6.60. The summed E-state index contributed by atoms with van der Waals surface area (Å²) in [6, 6.07) is 17.9. The monoisotopic (exact) mass is 331 g/mol. The molecule has 2 heterocycles. The Labute approximate surface area is 145 Å². The quantitative estimate of drug-likeness (QED) is 0.605. The number of fused-ring (bicyclic) bond motifs is 1. The minimum atomic E-state index is 0.682. The largest absolute Gasteiger partial charge is 0.497 e. The van der Waals surface area contributed by atoms with Crippen LogP contribution in [0.3, 0.4) is 0 Å². The molecule has 4 aromatic rings. The van der Waals surface area contributed by atoms with Crippen LogP contribution in [0.4, 0.5) is 11.5 Å². The maximum absolute atomic E-state index is 5.18. The molecule has 0 aliphatic rings. The molecule has 2 aromatic carbocycles. The van der Waals surface area contributed by atoms with E-state index in [0.29, 0.717) is 5.82 Å². The number of benzene rings is 2. The molecule has 0 radical (unpaired) electrons. The van der Waals surface area contributed by atoms with Crippen molar-refractivity contribution >= 4 is 22.7 Å². The van der Waals surface area contributed by atoms with Crippen molar-refractivity contribution in [1.82, 2.24) is 19.5 Å². The van der Waals surface area contributed by atoms with Crippen molar-refractivity contribution in [1.29, 1.82) is 0 Å². The van der Waals surface area contributed by atoms with Crippen molar-refractivity contribution in [3.63, 3.8) is 0 Å². The van der Waals surface area contributed by atoms with E-state index in [9.17, 15) is 0 Å². The van der Waals surface area contributed by atoms with Gasteiger partial charge in [-0.1, -0.05) is 30.3 Å². The number of imidazole rings is 1. The summed E-state index contributed by atoms with van der Waals surface area (Å²) < 4.78 is 7.20. The van der Waals surface area contributed by atoms with E-state index in [2.05, 4.69) is 32.4 Å². The van der Waals surface area contributed by atoms with Crippen molar-refractivity contribution < 1.29 is 4.74 Å². The standard InChI is InChI=1S/C19H17N5O/c1-25-16-9-7-15(8-10-16)23-18-17-19(21-12-20-18)24(13-22-17)11-14-5-3-2-4-6-14/h2-10,12-13H,11H2,1H3,(H,20,21,23). The van der Waals surface area contributed by atoms with Gasteiger partial charge in [0, 0.05) is 5.69 Å². The first-order valence-corrected chi connectivity index (χ1v) is 7.94. The number of hydrogen-bond acceptors (Lipinski definition) is 5. The van der Waals surface area contributed by atoms with E-state index >= 15 is 0 Å². The van der Waals surface area contributed by atoms with Crippen LogP contribution in [0, 0.1) is 0 Å². The average Bonchev–Trinajstić information content (AvgIpc) is 3.07. The second-order valence-corrected chi connectivity index (χ2v) is 5.61. The van der Waals surface area contributed by atoms with E-state index in [1.807, 2.05) is 47.0 Å². The molecule has 1 N–H and O–H groups in total. The highest BCUT2D eigenvalue weighted by Crippen LogP contribution is 2.23. The summed E-state index contributed by atoms with van der Waals surface area (Å²) >= 11 is 0. The molecule has 124 valence electrons. The number of aromatic nitrogens is 4. The van der Waals surface area contributed by atoms with Gasteiger partial charge < -0.3 is 14.6 Å². The van der Waals surface area contributed by atoms with Crippen molar-refractivity contribution in [3.05, 3.63) is 72.8 Å². The molecule has 4 rings (SSSR count). The first kappa shape index (κ1) is 15.1. The summed E-state index contributed by atoms with van der Waals surface area (Å²) in [5.74, 6) is 1.49. The number of hydrogen-bond donors (Lipinski definition) is 1. The summed E-state index contributed by atoms with van der Waals surface area (Å²) in [7, 11) is 1.65. The van der Waals surface area contributed by atoms with E-state index in [1.54, 1.807) is 19.8 Å². The lowest BCUT2D eigenvalue weighted by atomic mass is 10.2. The normalized spacial score (nSPS) is 10.8. The van der Waals surface area contributed by atoms with E-state index in [-0.39, 0.29) is 0 Å². The van der Waals surface area contributed by atoms with Gasteiger partial charge in [-0.25, -0.2) is 15.0 Å². The molecule has 2 aromatic heterocycles. The minimum absolute atomic E-state index is 0.682. The zero-order valence-corrected chi connectivity index (χ0v) is 13.8. The molecular formula is C19H17N5O. The van der Waals surface area contributed by atoms with Crippen LogP contribution < -0.4 is 10.1 Å². The fourth-order valence-electron chi connectivity index (χ4n) is 2.68. The fourth-order valence-corrected chi connectivity index (χ4v) is 2.68. The summed E-state index contributed by atoms with van der Waals surface area (Å²) in [5.41, 5.74) is 3.66. The summed E-state index contributed by atoms with van der Waals surface area (Å²) in [5, 5.41) is 3.29. The molecule has 6 nitrogen and oxygen atoms in total. The number of nitrogens with one attached hydrogen (secondary N) is 1. The van der Waals surface area contributed by atoms with Crippen LogP contribution in [0.25, 0.3) is 11.2 Å². The molecular weight excluding hydrogens is 314 g/mol. The maximum atomic E-state index is 5.18. The Hall–Kier alpha value is -3.41. The Morgan fingerprint density at radius 3 is 2.52 bits per heavy atom. The molecule has 0 fully saturated rings. The van der Waals surface area contributed by atoms with Crippen LogP contribution in [0.15, 0.2) is 67.3 Å². The number of anilines is 2. The molecule has 25 heavy (non-hydrogen) atoms. The topological polar surface area (TPSA) is 64.9 Å². The highest BCUT2D eigenvalue weighted by molar-refractivity contribution is 5.85. The predicted octanol–water partition coefficient (Wildman–Crippen LogP) is 3.63. The summed E-state index contributed by atoms with van der Waals surface area (Å²) in [4.78, 5) is 13.2. The first-order valence-electron chi connectivity index (χ1n) is 7.94. The number of methoxy groups -OCH3 is 1. The van der Waals surface area contributed by atoms with Gasteiger partial charge in [-0.15, -0.1) is 0 Å². The maximum Gasteiger partial charge on any atom is 0.165 e. The van der Waals surface area contributed by atoms with Gasteiger partial charge in [0.2, 0.25) is 0 Å². The van der Waals surface area contributed by atoms with Crippen LogP contribution in [0.1, 0.15) is 5.56 Å². The molecule has 6 heteroatoms. The SMILES string of the molecule is COc1ccc(Nc2ncnc3c2ncn3Cc2ccccc2)cc1. The van der Waals surface area contributed by atoms with Gasteiger partial charge in [-0.05, 0) is 29.8 Å². The van der Waals surface area contributed by atoms with Crippen LogP contribution in [0.5, 0.6) is 5.75 Å². The summed E-state index contributed by atoms with van der Waals surface area (Å²) in [6.07, 6.45) is 3.35. The van der Waals surface area contributed by atoms with Crippen molar-refractivity contribution in [2.75, 3.05) is 12.4 Å². The highest BCUT2D eigenvalue weighted by atomic mass is 16.5. The second-order valence-electron chi connectivity index (χ2n) is 5.61. The lowest BCUT2D eigenvalue weighted by Crippen LogP contribution is -2.00. The van der Waals surface area contributed by atoms with Gasteiger partial charge in [-0.2, -0.15) is 0 Å². The first-order chi connectivity index (χ1) is 12.3. The number of nitrogens with zero attached hydrogens (tertiary/aromatic N) is 4. The van der Waals surface area contributed by atoms with Gasteiger partial charge in [0.25, 0.3) is 0 Å². The third kappa shape index (κ3) is 3.14. The lowest BCUT2D eigenvalue weighted by Gasteiger charge is -2.07. The van der Waals surface area contributed by atoms with E-state index < -0.39 is 0 Å². The van der Waals surface area contributed by atoms with E-state index in [4.69, 9.17) is 4.74 Å². The molecule has 0 unspecified atom stereocenters. The Morgan fingerprint density at radius 2 is 1.76 bits per heavy atom. The molecule has 0 bridgehead atoms. The molecule has 0 saturated heterocycles. The summed E-state index contributed by atoms with van der Waals surface area (Å²) in [6.45, 7) is 0.719. The van der Waals surface area contributed by atoms with Gasteiger partial charge in [-0.3, -0.25) is 0 Å². The van der Waals surface area contributed by atoms with Crippen LogP contribution in [-0.4, -0.2) is 26.6 Å². The van der Waals surface area contributed by atoms with Gasteiger partial charge in [0.1, 0.15) is 12.1 Å². The lowest BCUT2D eigenvalue weighted by molar-refractivity contribution is 0.415. The third-order valence-electron chi connectivity index (χ3n) is 3.95. The molecule has 0 atom stereocenters. The van der Waals surface area contributed by atoms with Gasteiger partial charge in [0.05, 0.1) is 20.0 Å². The molecule has 0 amide bonds. The van der Waals surface area contributed by atoms with Gasteiger partial charge >= 0.3 is 0 Å².